The van der Waals surface area contributed by atoms with Gasteiger partial charge in [-0.1, -0.05) is 18.2 Å². The molecule has 1 saturated heterocycles. The molecule has 0 aliphatic carbocycles. The standard InChI is InChI=1S/C18H20N4O2/c1-14-4-2-3-5-17(14)20-18(24)15-10-16(12-19-11-15)22-8-6-21(13-23)7-9-22/h2-5,10-13H,6-9H2,1H3,(H,20,24). The molecule has 0 spiro atoms. The second kappa shape index (κ2) is 7.12. The minimum atomic E-state index is -0.176. The van der Waals surface area contributed by atoms with Gasteiger partial charge in [0.1, 0.15) is 0 Å². The van der Waals surface area contributed by atoms with Crippen LogP contribution in [-0.2, 0) is 4.79 Å². The Bertz CT molecular complexity index is 739. The number of amides is 2. The highest BCUT2D eigenvalue weighted by Crippen LogP contribution is 2.19. The van der Waals surface area contributed by atoms with Crippen LogP contribution in [0, 0.1) is 6.92 Å². The molecule has 2 aromatic rings. The largest absolute Gasteiger partial charge is 0.367 e. The lowest BCUT2D eigenvalue weighted by Crippen LogP contribution is -2.45. The third-order valence-corrected chi connectivity index (χ3v) is 4.21. The molecule has 0 atom stereocenters. The molecule has 1 N–H and O–H groups in total. The summed E-state index contributed by atoms with van der Waals surface area (Å²) in [5, 5.41) is 2.92. The number of aromatic nitrogens is 1. The van der Waals surface area contributed by atoms with Crippen LogP contribution in [0.2, 0.25) is 0 Å². The zero-order valence-corrected chi connectivity index (χ0v) is 13.6. The Morgan fingerprint density at radius 2 is 1.92 bits per heavy atom. The van der Waals surface area contributed by atoms with E-state index in [1.54, 1.807) is 17.3 Å². The Morgan fingerprint density at radius 1 is 1.17 bits per heavy atom. The van der Waals surface area contributed by atoms with E-state index in [1.165, 1.54) is 0 Å². The molecule has 2 amide bonds. The number of carbonyl (C=O) groups excluding carboxylic acids is 2. The van der Waals surface area contributed by atoms with Crippen molar-refractivity contribution in [1.82, 2.24) is 9.88 Å². The monoisotopic (exact) mass is 324 g/mol. The zero-order chi connectivity index (χ0) is 16.9. The summed E-state index contributed by atoms with van der Waals surface area (Å²) in [6, 6.07) is 9.51. The lowest BCUT2D eigenvalue weighted by molar-refractivity contribution is -0.118. The fraction of sp³-hybridized carbons (Fsp3) is 0.278. The number of piperazine rings is 1. The number of nitrogens with one attached hydrogen (secondary N) is 1. The molecule has 0 radical (unpaired) electrons. The number of carbonyl (C=O) groups is 2. The van der Waals surface area contributed by atoms with Crippen molar-refractivity contribution in [3.63, 3.8) is 0 Å². The third kappa shape index (κ3) is 3.53. The Hall–Kier alpha value is -2.89. The van der Waals surface area contributed by atoms with Crippen LogP contribution in [0.1, 0.15) is 15.9 Å². The molecule has 1 aromatic carbocycles. The van der Waals surface area contributed by atoms with E-state index in [2.05, 4.69) is 15.2 Å². The first-order chi connectivity index (χ1) is 11.7. The van der Waals surface area contributed by atoms with Gasteiger partial charge in [0.25, 0.3) is 5.91 Å². The van der Waals surface area contributed by atoms with Crippen LogP contribution in [-0.4, -0.2) is 48.4 Å². The SMILES string of the molecule is Cc1ccccc1NC(=O)c1cncc(N2CCN(C=O)CC2)c1. The van der Waals surface area contributed by atoms with Crippen molar-refractivity contribution in [1.29, 1.82) is 0 Å². The summed E-state index contributed by atoms with van der Waals surface area (Å²) in [4.78, 5) is 31.3. The summed E-state index contributed by atoms with van der Waals surface area (Å²) >= 11 is 0. The van der Waals surface area contributed by atoms with E-state index in [0.29, 0.717) is 18.7 Å². The Kier molecular flexibility index (Phi) is 4.74. The van der Waals surface area contributed by atoms with Gasteiger partial charge >= 0.3 is 0 Å². The minimum Gasteiger partial charge on any atom is -0.367 e. The molecular formula is C18H20N4O2. The molecule has 1 fully saturated rings. The molecule has 24 heavy (non-hydrogen) atoms. The Labute approximate surface area is 141 Å². The molecule has 2 heterocycles. The maximum absolute atomic E-state index is 12.5. The summed E-state index contributed by atoms with van der Waals surface area (Å²) in [6.07, 6.45) is 4.20. The van der Waals surface area contributed by atoms with Crippen molar-refractivity contribution in [2.45, 2.75) is 6.92 Å². The van der Waals surface area contributed by atoms with Gasteiger partial charge < -0.3 is 15.1 Å². The van der Waals surface area contributed by atoms with Gasteiger partial charge in [0.05, 0.1) is 17.4 Å². The number of nitrogens with zero attached hydrogens (tertiary/aromatic N) is 3. The van der Waals surface area contributed by atoms with Crippen LogP contribution in [0.5, 0.6) is 0 Å². The average Bonchev–Trinajstić information content (AvgIpc) is 2.64. The molecule has 1 aliphatic rings. The van der Waals surface area contributed by atoms with Gasteiger partial charge in [-0.25, -0.2) is 0 Å². The average molecular weight is 324 g/mol. The summed E-state index contributed by atoms with van der Waals surface area (Å²) in [7, 11) is 0. The van der Waals surface area contributed by atoms with Gasteiger partial charge in [0.2, 0.25) is 6.41 Å². The number of hydrogen-bond donors (Lipinski definition) is 1. The van der Waals surface area contributed by atoms with E-state index < -0.39 is 0 Å². The number of para-hydroxylation sites is 1. The fourth-order valence-electron chi connectivity index (χ4n) is 2.72. The number of aryl methyl sites for hydroxylation is 1. The molecule has 0 unspecified atom stereocenters. The van der Waals surface area contributed by atoms with Crippen LogP contribution >= 0.6 is 0 Å². The van der Waals surface area contributed by atoms with Crippen LogP contribution in [0.4, 0.5) is 11.4 Å². The van der Waals surface area contributed by atoms with E-state index >= 15 is 0 Å². The predicted molar refractivity (Wildman–Crippen MR) is 93.2 cm³/mol. The van der Waals surface area contributed by atoms with Crippen molar-refractivity contribution < 1.29 is 9.59 Å². The number of benzene rings is 1. The van der Waals surface area contributed by atoms with Gasteiger partial charge in [-0.3, -0.25) is 14.6 Å². The van der Waals surface area contributed by atoms with Crippen molar-refractivity contribution in [3.05, 3.63) is 53.9 Å². The van der Waals surface area contributed by atoms with E-state index in [-0.39, 0.29) is 5.91 Å². The van der Waals surface area contributed by atoms with Gasteiger partial charge in [-0.15, -0.1) is 0 Å². The van der Waals surface area contributed by atoms with Crippen molar-refractivity contribution in [2.24, 2.45) is 0 Å². The van der Waals surface area contributed by atoms with E-state index in [1.807, 2.05) is 37.3 Å². The fourth-order valence-corrected chi connectivity index (χ4v) is 2.72. The maximum atomic E-state index is 12.5. The number of rotatable bonds is 4. The van der Waals surface area contributed by atoms with Gasteiger partial charge in [-0.05, 0) is 24.6 Å². The van der Waals surface area contributed by atoms with E-state index in [9.17, 15) is 9.59 Å². The molecule has 0 saturated carbocycles. The number of hydrogen-bond acceptors (Lipinski definition) is 4. The third-order valence-electron chi connectivity index (χ3n) is 4.21. The van der Waals surface area contributed by atoms with Crippen molar-refractivity contribution in [3.8, 4) is 0 Å². The first kappa shape index (κ1) is 16.0. The molecule has 1 aliphatic heterocycles. The second-order valence-electron chi connectivity index (χ2n) is 5.83. The van der Waals surface area contributed by atoms with Crippen molar-refractivity contribution in [2.75, 3.05) is 36.4 Å². The van der Waals surface area contributed by atoms with Gasteiger partial charge in [0, 0.05) is 38.1 Å². The van der Waals surface area contributed by atoms with Crippen LogP contribution < -0.4 is 10.2 Å². The molecular weight excluding hydrogens is 304 g/mol. The summed E-state index contributed by atoms with van der Waals surface area (Å²) in [5.41, 5.74) is 3.24. The highest BCUT2D eigenvalue weighted by atomic mass is 16.1. The highest BCUT2D eigenvalue weighted by molar-refractivity contribution is 6.04. The van der Waals surface area contributed by atoms with Gasteiger partial charge in [-0.2, -0.15) is 0 Å². The molecule has 0 bridgehead atoms. The van der Waals surface area contributed by atoms with E-state index in [4.69, 9.17) is 0 Å². The van der Waals surface area contributed by atoms with Gasteiger partial charge in [0.15, 0.2) is 0 Å². The first-order valence-corrected chi connectivity index (χ1v) is 7.93. The molecule has 124 valence electrons. The molecule has 1 aromatic heterocycles. The maximum Gasteiger partial charge on any atom is 0.257 e. The van der Waals surface area contributed by atoms with Crippen molar-refractivity contribution >= 4 is 23.7 Å². The Balaban J connectivity index is 1.72. The smallest absolute Gasteiger partial charge is 0.257 e. The molecule has 3 rings (SSSR count). The minimum absolute atomic E-state index is 0.176. The Morgan fingerprint density at radius 3 is 2.62 bits per heavy atom. The zero-order valence-electron chi connectivity index (χ0n) is 13.6. The number of anilines is 2. The highest BCUT2D eigenvalue weighted by Gasteiger charge is 2.17. The normalized spacial score (nSPS) is 14.4. The quantitative estimate of drug-likeness (QED) is 0.873. The van der Waals surface area contributed by atoms with E-state index in [0.717, 1.165) is 36.4 Å². The lowest BCUT2D eigenvalue weighted by atomic mass is 10.2. The van der Waals surface area contributed by atoms with Crippen LogP contribution in [0.25, 0.3) is 0 Å². The summed E-state index contributed by atoms with van der Waals surface area (Å²) in [6.45, 7) is 4.80. The predicted octanol–water partition coefficient (Wildman–Crippen LogP) is 1.92. The topological polar surface area (TPSA) is 65.5 Å². The summed E-state index contributed by atoms with van der Waals surface area (Å²) < 4.78 is 0. The van der Waals surface area contributed by atoms with Crippen LogP contribution in [0.15, 0.2) is 42.7 Å². The first-order valence-electron chi connectivity index (χ1n) is 7.93. The molecule has 6 nitrogen and oxygen atoms in total. The second-order valence-corrected chi connectivity index (χ2v) is 5.83. The summed E-state index contributed by atoms with van der Waals surface area (Å²) in [5.74, 6) is -0.176. The molecule has 6 heteroatoms. The van der Waals surface area contributed by atoms with Crippen LogP contribution in [0.3, 0.4) is 0 Å². The lowest BCUT2D eigenvalue weighted by Gasteiger charge is -2.34. The number of pyridine rings is 1.